The fourth-order valence-electron chi connectivity index (χ4n) is 3.32. The smallest absolute Gasteiger partial charge is 0.357 e. The third kappa shape index (κ3) is 4.83. The number of nitrogens with zero attached hydrogens (tertiary/aromatic N) is 2. The van der Waals surface area contributed by atoms with E-state index in [9.17, 15) is 4.79 Å². The molecule has 6 heteroatoms. The first-order valence-corrected chi connectivity index (χ1v) is 9.53. The molecule has 1 aliphatic rings. The van der Waals surface area contributed by atoms with Gasteiger partial charge >= 0.3 is 5.97 Å². The topological polar surface area (TPSA) is 73.3 Å². The summed E-state index contributed by atoms with van der Waals surface area (Å²) in [6.45, 7) is 6.65. The Morgan fingerprint density at radius 2 is 2.00 bits per heavy atom. The third-order valence-electron chi connectivity index (χ3n) is 4.85. The van der Waals surface area contributed by atoms with Gasteiger partial charge in [-0.2, -0.15) is 0 Å². The van der Waals surface area contributed by atoms with E-state index in [0.29, 0.717) is 30.2 Å². The molecule has 6 nitrogen and oxygen atoms in total. The van der Waals surface area contributed by atoms with E-state index in [2.05, 4.69) is 46.5 Å². The van der Waals surface area contributed by atoms with Crippen LogP contribution in [0.4, 0.5) is 5.82 Å². The van der Waals surface area contributed by atoms with Gasteiger partial charge in [0.1, 0.15) is 12.1 Å². The molecule has 3 rings (SSSR count). The van der Waals surface area contributed by atoms with Crippen molar-refractivity contribution >= 4 is 11.8 Å². The summed E-state index contributed by atoms with van der Waals surface area (Å²) in [5, 5.41) is 3.32. The Bertz CT molecular complexity index is 777. The number of nitrogens with one attached hydrogen (secondary N) is 1. The average Bonchev–Trinajstić information content (AvgIpc) is 2.68. The Balaban J connectivity index is 1.62. The molecule has 0 saturated carbocycles. The number of carbonyl (C=O) groups is 1. The summed E-state index contributed by atoms with van der Waals surface area (Å²) in [5.41, 5.74) is 3.48. The molecule has 0 aliphatic carbocycles. The molecule has 2 aromatic rings. The highest BCUT2D eigenvalue weighted by Gasteiger charge is 2.24. The zero-order valence-electron chi connectivity index (χ0n) is 16.2. The van der Waals surface area contributed by atoms with Gasteiger partial charge in [0.15, 0.2) is 5.69 Å². The van der Waals surface area contributed by atoms with Gasteiger partial charge in [-0.1, -0.05) is 29.8 Å². The molecule has 1 aromatic carbocycles. The van der Waals surface area contributed by atoms with E-state index < -0.39 is 5.97 Å². The molecule has 1 N–H and O–H groups in total. The molecule has 0 bridgehead atoms. The van der Waals surface area contributed by atoms with Crippen LogP contribution in [0, 0.1) is 13.8 Å². The fraction of sp³-hybridized carbons (Fsp3) is 0.476. The van der Waals surface area contributed by atoms with E-state index in [-0.39, 0.29) is 12.2 Å². The lowest BCUT2D eigenvalue weighted by atomic mass is 9.97. The van der Waals surface area contributed by atoms with Crippen LogP contribution in [-0.2, 0) is 9.47 Å². The maximum absolute atomic E-state index is 12.0. The number of rotatable bonds is 6. The number of aryl methyl sites for hydroxylation is 1. The number of hydrogen-bond acceptors (Lipinski definition) is 6. The van der Waals surface area contributed by atoms with Gasteiger partial charge in [0, 0.05) is 12.1 Å². The number of esters is 1. The van der Waals surface area contributed by atoms with Crippen LogP contribution in [0.1, 0.15) is 59.5 Å². The zero-order chi connectivity index (χ0) is 19.2. The molecule has 1 aliphatic heterocycles. The Kier molecular flexibility index (Phi) is 6.40. The lowest BCUT2D eigenvalue weighted by molar-refractivity contribution is -0.0442. The minimum absolute atomic E-state index is 0.102. The third-order valence-corrected chi connectivity index (χ3v) is 4.85. The molecule has 27 heavy (non-hydrogen) atoms. The van der Waals surface area contributed by atoms with E-state index in [1.807, 2.05) is 6.92 Å². The van der Waals surface area contributed by atoms with Gasteiger partial charge in [-0.15, -0.1) is 0 Å². The summed E-state index contributed by atoms with van der Waals surface area (Å²) in [6, 6.07) is 8.55. The van der Waals surface area contributed by atoms with Gasteiger partial charge in [0.05, 0.1) is 18.8 Å². The van der Waals surface area contributed by atoms with Crippen molar-refractivity contribution < 1.29 is 14.3 Å². The molecule has 2 heterocycles. The normalized spacial score (nSPS) is 19.5. The van der Waals surface area contributed by atoms with Crippen molar-refractivity contribution in [2.75, 3.05) is 18.5 Å². The monoisotopic (exact) mass is 369 g/mol. The minimum atomic E-state index is -0.422. The van der Waals surface area contributed by atoms with Gasteiger partial charge in [-0.05, 0) is 45.6 Å². The van der Waals surface area contributed by atoms with E-state index in [4.69, 9.17) is 9.47 Å². The SMILES string of the molecule is CCOC(=O)c1ncnc(NCC2CCCC(c3ccc(C)cc3)O2)c1C. The predicted molar refractivity (Wildman–Crippen MR) is 104 cm³/mol. The van der Waals surface area contributed by atoms with Gasteiger partial charge in [-0.25, -0.2) is 14.8 Å². The maximum Gasteiger partial charge on any atom is 0.357 e. The van der Waals surface area contributed by atoms with Crippen molar-refractivity contribution in [2.24, 2.45) is 0 Å². The Morgan fingerprint density at radius 1 is 1.22 bits per heavy atom. The second-order valence-corrected chi connectivity index (χ2v) is 6.89. The van der Waals surface area contributed by atoms with Gasteiger partial charge in [0.2, 0.25) is 0 Å². The number of ether oxygens (including phenoxy) is 2. The van der Waals surface area contributed by atoms with Gasteiger partial charge < -0.3 is 14.8 Å². The van der Waals surface area contributed by atoms with Crippen molar-refractivity contribution in [3.8, 4) is 0 Å². The molecule has 0 spiro atoms. The van der Waals surface area contributed by atoms with Crippen molar-refractivity contribution in [1.29, 1.82) is 0 Å². The minimum Gasteiger partial charge on any atom is -0.461 e. The molecule has 0 radical (unpaired) electrons. The number of anilines is 1. The van der Waals surface area contributed by atoms with Crippen LogP contribution in [0.15, 0.2) is 30.6 Å². The molecule has 2 atom stereocenters. The van der Waals surface area contributed by atoms with Crippen LogP contribution in [0.2, 0.25) is 0 Å². The van der Waals surface area contributed by atoms with E-state index in [1.165, 1.54) is 17.5 Å². The van der Waals surface area contributed by atoms with Crippen molar-refractivity contribution in [3.63, 3.8) is 0 Å². The highest BCUT2D eigenvalue weighted by molar-refractivity contribution is 5.90. The quantitative estimate of drug-likeness (QED) is 0.776. The second kappa shape index (κ2) is 8.95. The van der Waals surface area contributed by atoms with Crippen LogP contribution in [0.3, 0.4) is 0 Å². The van der Waals surface area contributed by atoms with Crippen molar-refractivity contribution in [1.82, 2.24) is 9.97 Å². The summed E-state index contributed by atoms with van der Waals surface area (Å²) in [5.74, 6) is 0.225. The first kappa shape index (κ1) is 19.3. The second-order valence-electron chi connectivity index (χ2n) is 6.89. The maximum atomic E-state index is 12.0. The van der Waals surface area contributed by atoms with Crippen molar-refractivity contribution in [3.05, 3.63) is 53.0 Å². The Hall–Kier alpha value is -2.47. The lowest BCUT2D eigenvalue weighted by Gasteiger charge is -2.31. The first-order valence-electron chi connectivity index (χ1n) is 9.53. The zero-order valence-corrected chi connectivity index (χ0v) is 16.2. The standard InChI is InChI=1S/C21H27N3O3/c1-4-26-21(25)19-15(3)20(24-13-23-19)22-12-17-6-5-7-18(27-17)16-10-8-14(2)9-11-16/h8-11,13,17-18H,4-7,12H2,1-3H3,(H,22,23,24). The van der Waals surface area contributed by atoms with Crippen molar-refractivity contribution in [2.45, 2.75) is 52.2 Å². The van der Waals surface area contributed by atoms with Crippen LogP contribution < -0.4 is 5.32 Å². The van der Waals surface area contributed by atoms with E-state index in [0.717, 1.165) is 19.3 Å². The molecule has 1 aromatic heterocycles. The Morgan fingerprint density at radius 3 is 2.74 bits per heavy atom. The van der Waals surface area contributed by atoms with Gasteiger partial charge in [0.25, 0.3) is 0 Å². The Labute approximate surface area is 160 Å². The number of hydrogen-bond donors (Lipinski definition) is 1. The summed E-state index contributed by atoms with van der Waals surface area (Å²) >= 11 is 0. The highest BCUT2D eigenvalue weighted by Crippen LogP contribution is 2.31. The first-order chi connectivity index (χ1) is 13.1. The van der Waals surface area contributed by atoms with Crippen LogP contribution in [-0.4, -0.2) is 35.2 Å². The van der Waals surface area contributed by atoms with Crippen LogP contribution >= 0.6 is 0 Å². The highest BCUT2D eigenvalue weighted by atomic mass is 16.5. The summed E-state index contributed by atoms with van der Waals surface area (Å²) in [7, 11) is 0. The van der Waals surface area contributed by atoms with E-state index >= 15 is 0 Å². The molecular formula is C21H27N3O3. The lowest BCUT2D eigenvalue weighted by Crippen LogP contribution is -2.29. The fourth-order valence-corrected chi connectivity index (χ4v) is 3.32. The summed E-state index contributed by atoms with van der Waals surface area (Å²) < 4.78 is 11.3. The molecule has 144 valence electrons. The summed E-state index contributed by atoms with van der Waals surface area (Å²) in [6.07, 6.45) is 4.79. The molecule has 1 saturated heterocycles. The summed E-state index contributed by atoms with van der Waals surface area (Å²) in [4.78, 5) is 20.3. The number of aromatic nitrogens is 2. The van der Waals surface area contributed by atoms with Crippen LogP contribution in [0.25, 0.3) is 0 Å². The molecule has 2 unspecified atom stereocenters. The molecular weight excluding hydrogens is 342 g/mol. The molecule has 1 fully saturated rings. The number of benzene rings is 1. The molecule has 0 amide bonds. The predicted octanol–water partition coefficient (Wildman–Crippen LogP) is 3.99. The van der Waals surface area contributed by atoms with Crippen LogP contribution in [0.5, 0.6) is 0 Å². The average molecular weight is 369 g/mol. The van der Waals surface area contributed by atoms with E-state index in [1.54, 1.807) is 6.92 Å². The largest absolute Gasteiger partial charge is 0.461 e. The number of carbonyl (C=O) groups excluding carboxylic acids is 1. The van der Waals surface area contributed by atoms with Gasteiger partial charge in [-0.3, -0.25) is 0 Å².